The van der Waals surface area contributed by atoms with Crippen molar-refractivity contribution in [3.8, 4) is 11.5 Å². The predicted molar refractivity (Wildman–Crippen MR) is 116 cm³/mol. The molecule has 0 bridgehead atoms. The molecular formula is C23H26N2O3S. The number of ether oxygens (including phenoxy) is 2. The molecule has 0 radical (unpaired) electrons. The van der Waals surface area contributed by atoms with Gasteiger partial charge >= 0.3 is 0 Å². The maximum atomic E-state index is 13.2. The lowest BCUT2D eigenvalue weighted by Gasteiger charge is -2.28. The summed E-state index contributed by atoms with van der Waals surface area (Å²) >= 11 is 1.55. The fraction of sp³-hybridized carbons (Fsp3) is 0.304. The summed E-state index contributed by atoms with van der Waals surface area (Å²) in [5, 5.41) is 2.89. The second-order valence-corrected chi connectivity index (χ2v) is 7.70. The Balaban J connectivity index is 1.70. The van der Waals surface area contributed by atoms with Gasteiger partial charge in [-0.3, -0.25) is 4.79 Å². The molecule has 1 amide bonds. The highest BCUT2D eigenvalue weighted by Gasteiger charge is 2.22. The standard InChI is InChI=1S/C23H26N2O3S/c1-4-17(2)25(23(26)18-9-8-12-21(13-18)27-3)14-19-16-29-22(24-19)15-28-20-10-6-5-7-11-20/h5-13,16-17H,4,14-15H2,1-3H3. The molecule has 1 atom stereocenters. The van der Waals surface area contributed by atoms with Crippen LogP contribution in [0.3, 0.4) is 0 Å². The van der Waals surface area contributed by atoms with Crippen LogP contribution < -0.4 is 9.47 Å². The monoisotopic (exact) mass is 410 g/mol. The molecule has 0 aliphatic rings. The van der Waals surface area contributed by atoms with Gasteiger partial charge in [-0.05, 0) is 43.7 Å². The van der Waals surface area contributed by atoms with Crippen LogP contribution in [0.4, 0.5) is 0 Å². The largest absolute Gasteiger partial charge is 0.497 e. The molecule has 2 aromatic carbocycles. The van der Waals surface area contributed by atoms with Crippen molar-refractivity contribution in [1.82, 2.24) is 9.88 Å². The average Bonchev–Trinajstić information content (AvgIpc) is 3.23. The van der Waals surface area contributed by atoms with Crippen molar-refractivity contribution in [3.05, 3.63) is 76.2 Å². The van der Waals surface area contributed by atoms with Crippen LogP contribution in [0.15, 0.2) is 60.0 Å². The molecular weight excluding hydrogens is 384 g/mol. The van der Waals surface area contributed by atoms with Gasteiger partial charge in [-0.15, -0.1) is 11.3 Å². The summed E-state index contributed by atoms with van der Waals surface area (Å²) in [4.78, 5) is 19.7. The van der Waals surface area contributed by atoms with E-state index in [1.165, 1.54) is 0 Å². The van der Waals surface area contributed by atoms with E-state index in [0.717, 1.165) is 22.9 Å². The number of hydrogen-bond acceptors (Lipinski definition) is 5. The average molecular weight is 411 g/mol. The summed E-state index contributed by atoms with van der Waals surface area (Å²) in [5.41, 5.74) is 1.49. The van der Waals surface area contributed by atoms with Crippen LogP contribution in [0.25, 0.3) is 0 Å². The molecule has 0 aliphatic carbocycles. The zero-order valence-corrected chi connectivity index (χ0v) is 17.8. The van der Waals surface area contributed by atoms with E-state index in [1.807, 2.05) is 58.8 Å². The highest BCUT2D eigenvalue weighted by Crippen LogP contribution is 2.21. The molecule has 3 rings (SSSR count). The van der Waals surface area contributed by atoms with Crippen molar-refractivity contribution < 1.29 is 14.3 Å². The summed E-state index contributed by atoms with van der Waals surface area (Å²) in [7, 11) is 1.60. The van der Waals surface area contributed by atoms with Gasteiger partial charge < -0.3 is 14.4 Å². The minimum Gasteiger partial charge on any atom is -0.497 e. The first-order valence-electron chi connectivity index (χ1n) is 9.66. The van der Waals surface area contributed by atoms with Crippen molar-refractivity contribution in [2.24, 2.45) is 0 Å². The SMILES string of the molecule is CCC(C)N(Cc1csc(COc2ccccc2)n1)C(=O)c1cccc(OC)c1. The molecule has 3 aromatic rings. The fourth-order valence-corrected chi connectivity index (χ4v) is 3.59. The van der Waals surface area contributed by atoms with Gasteiger partial charge in [-0.1, -0.05) is 31.2 Å². The number of carbonyl (C=O) groups is 1. The third-order valence-electron chi connectivity index (χ3n) is 4.74. The van der Waals surface area contributed by atoms with Gasteiger partial charge in [0.1, 0.15) is 23.1 Å². The number of thiazole rings is 1. The quantitative estimate of drug-likeness (QED) is 0.488. The Bertz CT molecular complexity index is 927. The van der Waals surface area contributed by atoms with Crippen LogP contribution in [-0.2, 0) is 13.2 Å². The van der Waals surface area contributed by atoms with Gasteiger partial charge in [-0.2, -0.15) is 0 Å². The maximum absolute atomic E-state index is 13.2. The first-order chi connectivity index (χ1) is 14.1. The molecule has 1 unspecified atom stereocenters. The van der Waals surface area contributed by atoms with Crippen LogP contribution in [0, 0.1) is 0 Å². The summed E-state index contributed by atoms with van der Waals surface area (Å²) in [6, 6.07) is 17.0. The third-order valence-corrected chi connectivity index (χ3v) is 5.61. The number of para-hydroxylation sites is 1. The van der Waals surface area contributed by atoms with Crippen LogP contribution in [0.2, 0.25) is 0 Å². The van der Waals surface area contributed by atoms with Crippen molar-refractivity contribution in [2.45, 2.75) is 39.5 Å². The van der Waals surface area contributed by atoms with Crippen molar-refractivity contribution in [1.29, 1.82) is 0 Å². The molecule has 6 heteroatoms. The summed E-state index contributed by atoms with van der Waals surface area (Å²) in [6.45, 7) is 5.02. The molecule has 5 nitrogen and oxygen atoms in total. The predicted octanol–water partition coefficient (Wildman–Crippen LogP) is 5.17. The van der Waals surface area contributed by atoms with E-state index in [0.29, 0.717) is 24.5 Å². The van der Waals surface area contributed by atoms with Gasteiger partial charge in [0.05, 0.1) is 19.3 Å². The minimum absolute atomic E-state index is 0.0201. The van der Waals surface area contributed by atoms with Crippen molar-refractivity contribution in [3.63, 3.8) is 0 Å². The van der Waals surface area contributed by atoms with Crippen LogP contribution in [0.5, 0.6) is 11.5 Å². The highest BCUT2D eigenvalue weighted by molar-refractivity contribution is 7.09. The van der Waals surface area contributed by atoms with Gasteiger partial charge in [0.25, 0.3) is 5.91 Å². The second-order valence-electron chi connectivity index (χ2n) is 6.76. The van der Waals surface area contributed by atoms with Crippen LogP contribution >= 0.6 is 11.3 Å². The van der Waals surface area contributed by atoms with Gasteiger partial charge in [-0.25, -0.2) is 4.98 Å². The lowest BCUT2D eigenvalue weighted by molar-refractivity contribution is 0.0668. The molecule has 0 N–H and O–H groups in total. The molecule has 0 saturated carbocycles. The number of amides is 1. The Kier molecular flexibility index (Phi) is 7.25. The van der Waals surface area contributed by atoms with Crippen molar-refractivity contribution in [2.75, 3.05) is 7.11 Å². The van der Waals surface area contributed by atoms with E-state index >= 15 is 0 Å². The number of hydrogen-bond donors (Lipinski definition) is 0. The lowest BCUT2D eigenvalue weighted by Crippen LogP contribution is -2.37. The van der Waals surface area contributed by atoms with E-state index in [-0.39, 0.29) is 11.9 Å². The Morgan fingerprint density at radius 1 is 1.14 bits per heavy atom. The Hall–Kier alpha value is -2.86. The Morgan fingerprint density at radius 2 is 1.90 bits per heavy atom. The maximum Gasteiger partial charge on any atom is 0.254 e. The number of aromatic nitrogens is 1. The van der Waals surface area contributed by atoms with E-state index < -0.39 is 0 Å². The number of rotatable bonds is 9. The lowest BCUT2D eigenvalue weighted by atomic mass is 10.1. The van der Waals surface area contributed by atoms with Gasteiger partial charge in [0, 0.05) is 17.0 Å². The first kappa shape index (κ1) is 20.9. The Morgan fingerprint density at radius 3 is 2.62 bits per heavy atom. The highest BCUT2D eigenvalue weighted by atomic mass is 32.1. The van der Waals surface area contributed by atoms with Crippen LogP contribution in [0.1, 0.15) is 41.3 Å². The van der Waals surface area contributed by atoms with E-state index in [9.17, 15) is 4.79 Å². The summed E-state index contributed by atoms with van der Waals surface area (Å²) in [5.74, 6) is 1.47. The summed E-state index contributed by atoms with van der Waals surface area (Å²) in [6.07, 6.45) is 0.865. The second kappa shape index (κ2) is 10.1. The molecule has 0 aliphatic heterocycles. The van der Waals surface area contributed by atoms with Crippen molar-refractivity contribution >= 4 is 17.2 Å². The van der Waals surface area contributed by atoms with Crippen LogP contribution in [-0.4, -0.2) is 28.9 Å². The van der Waals surface area contributed by atoms with Gasteiger partial charge in [0.15, 0.2) is 0 Å². The van der Waals surface area contributed by atoms with E-state index in [1.54, 1.807) is 24.5 Å². The number of nitrogens with zero attached hydrogens (tertiary/aromatic N) is 2. The molecule has 0 saturated heterocycles. The molecule has 0 spiro atoms. The summed E-state index contributed by atoms with van der Waals surface area (Å²) < 4.78 is 11.0. The van der Waals surface area contributed by atoms with E-state index in [2.05, 4.69) is 18.8 Å². The van der Waals surface area contributed by atoms with Gasteiger partial charge in [0.2, 0.25) is 0 Å². The molecule has 1 aromatic heterocycles. The topological polar surface area (TPSA) is 51.7 Å². The normalized spacial score (nSPS) is 11.7. The molecule has 0 fully saturated rings. The van der Waals surface area contributed by atoms with E-state index in [4.69, 9.17) is 9.47 Å². The Labute approximate surface area is 175 Å². The molecule has 152 valence electrons. The zero-order chi connectivity index (χ0) is 20.6. The third kappa shape index (κ3) is 5.57. The molecule has 1 heterocycles. The smallest absolute Gasteiger partial charge is 0.254 e. The number of benzene rings is 2. The number of carbonyl (C=O) groups excluding carboxylic acids is 1. The fourth-order valence-electron chi connectivity index (χ4n) is 2.89. The first-order valence-corrected chi connectivity index (χ1v) is 10.5. The number of methoxy groups -OCH3 is 1. The minimum atomic E-state index is -0.0201. The zero-order valence-electron chi connectivity index (χ0n) is 17.0. The molecule has 29 heavy (non-hydrogen) atoms.